The van der Waals surface area contributed by atoms with Crippen molar-refractivity contribution in [1.82, 2.24) is 0 Å². The standard InChI is InChI=1S/C17H28O2/c1-10-12-8-9-17(3)14(11(2)18)5-6-15(17)13(12)4-7-16(10)19/h11,13-16,18-19H,4-9H2,1-3H3/t11?,13?,14-,15?,16?,17-/m1/s1. The maximum Gasteiger partial charge on any atom is 0.0750 e. The van der Waals surface area contributed by atoms with Crippen LogP contribution in [0.5, 0.6) is 0 Å². The molecule has 0 saturated heterocycles. The Morgan fingerprint density at radius 1 is 1.21 bits per heavy atom. The van der Waals surface area contributed by atoms with Crippen LogP contribution in [0.2, 0.25) is 0 Å². The van der Waals surface area contributed by atoms with Crippen molar-refractivity contribution in [2.75, 3.05) is 0 Å². The molecule has 6 atom stereocenters. The maximum atomic E-state index is 10.1. The quantitative estimate of drug-likeness (QED) is 0.714. The first kappa shape index (κ1) is 13.6. The lowest BCUT2D eigenvalue weighted by Crippen LogP contribution is -2.43. The van der Waals surface area contributed by atoms with Gasteiger partial charge in [-0.1, -0.05) is 12.5 Å². The van der Waals surface area contributed by atoms with E-state index in [1.807, 2.05) is 6.92 Å². The number of aliphatic hydroxyl groups excluding tert-OH is 2. The van der Waals surface area contributed by atoms with Gasteiger partial charge in [0.25, 0.3) is 0 Å². The summed E-state index contributed by atoms with van der Waals surface area (Å²) in [6, 6.07) is 0. The van der Waals surface area contributed by atoms with Crippen LogP contribution in [0.4, 0.5) is 0 Å². The van der Waals surface area contributed by atoms with E-state index < -0.39 is 0 Å². The Kier molecular flexibility index (Phi) is 3.30. The van der Waals surface area contributed by atoms with Crippen LogP contribution in [0.1, 0.15) is 59.3 Å². The number of rotatable bonds is 1. The largest absolute Gasteiger partial charge is 0.393 e. The van der Waals surface area contributed by atoms with E-state index in [1.165, 1.54) is 24.8 Å². The molecule has 108 valence electrons. The molecule has 0 radical (unpaired) electrons. The van der Waals surface area contributed by atoms with Crippen LogP contribution < -0.4 is 0 Å². The summed E-state index contributed by atoms with van der Waals surface area (Å²) in [6.45, 7) is 6.52. The molecule has 2 saturated carbocycles. The Labute approximate surface area is 116 Å². The summed E-state index contributed by atoms with van der Waals surface area (Å²) in [6.07, 6.45) is 6.52. The van der Waals surface area contributed by atoms with Gasteiger partial charge in [-0.25, -0.2) is 0 Å². The minimum atomic E-state index is -0.190. The van der Waals surface area contributed by atoms with Gasteiger partial charge in [-0.3, -0.25) is 0 Å². The highest BCUT2D eigenvalue weighted by Crippen LogP contribution is 2.61. The first-order valence-corrected chi connectivity index (χ1v) is 8.01. The minimum Gasteiger partial charge on any atom is -0.393 e. The first-order valence-electron chi connectivity index (χ1n) is 8.01. The molecule has 3 aliphatic rings. The average Bonchev–Trinajstić information content (AvgIpc) is 2.71. The number of fused-ring (bicyclic) bond motifs is 3. The van der Waals surface area contributed by atoms with Crippen molar-refractivity contribution < 1.29 is 10.2 Å². The van der Waals surface area contributed by atoms with Gasteiger partial charge in [-0.15, -0.1) is 0 Å². The van der Waals surface area contributed by atoms with Gasteiger partial charge in [0, 0.05) is 0 Å². The molecule has 0 aliphatic heterocycles. The van der Waals surface area contributed by atoms with Gasteiger partial charge < -0.3 is 10.2 Å². The Morgan fingerprint density at radius 2 is 1.95 bits per heavy atom. The predicted molar refractivity (Wildman–Crippen MR) is 76.7 cm³/mol. The zero-order chi connectivity index (χ0) is 13.8. The van der Waals surface area contributed by atoms with E-state index in [-0.39, 0.29) is 12.2 Å². The van der Waals surface area contributed by atoms with Crippen LogP contribution in [-0.2, 0) is 0 Å². The SMILES string of the molecule is CC1=C2CC[C@@]3(C)C(CC[C@@H]3C(C)O)C2CCC1O. The Balaban J connectivity index is 1.93. The van der Waals surface area contributed by atoms with Gasteiger partial charge in [-0.05, 0) is 81.1 Å². The van der Waals surface area contributed by atoms with Crippen molar-refractivity contribution in [1.29, 1.82) is 0 Å². The van der Waals surface area contributed by atoms with Gasteiger partial charge >= 0.3 is 0 Å². The summed E-state index contributed by atoms with van der Waals surface area (Å²) in [5.41, 5.74) is 3.15. The molecule has 0 aromatic rings. The van der Waals surface area contributed by atoms with Crippen molar-refractivity contribution in [2.45, 2.75) is 71.5 Å². The van der Waals surface area contributed by atoms with Crippen LogP contribution >= 0.6 is 0 Å². The molecule has 4 unspecified atom stereocenters. The van der Waals surface area contributed by atoms with Crippen molar-refractivity contribution in [3.63, 3.8) is 0 Å². The molecule has 19 heavy (non-hydrogen) atoms. The Morgan fingerprint density at radius 3 is 2.63 bits per heavy atom. The Bertz CT molecular complexity index is 398. The molecular weight excluding hydrogens is 236 g/mol. The lowest BCUT2D eigenvalue weighted by Gasteiger charge is -2.49. The second-order valence-corrected chi connectivity index (χ2v) is 7.44. The third-order valence-electron chi connectivity index (χ3n) is 6.69. The van der Waals surface area contributed by atoms with Gasteiger partial charge in [0.1, 0.15) is 0 Å². The van der Waals surface area contributed by atoms with Crippen LogP contribution in [-0.4, -0.2) is 22.4 Å². The van der Waals surface area contributed by atoms with E-state index in [9.17, 15) is 10.2 Å². The molecular formula is C17H28O2. The highest BCUT2D eigenvalue weighted by molar-refractivity contribution is 5.27. The van der Waals surface area contributed by atoms with Gasteiger partial charge in [0.2, 0.25) is 0 Å². The fourth-order valence-electron chi connectivity index (χ4n) is 5.58. The summed E-state index contributed by atoms with van der Waals surface area (Å²) in [7, 11) is 0. The highest BCUT2D eigenvalue weighted by Gasteiger charge is 2.54. The Hall–Kier alpha value is -0.340. The van der Waals surface area contributed by atoms with Gasteiger partial charge in [-0.2, -0.15) is 0 Å². The fraction of sp³-hybridized carbons (Fsp3) is 0.882. The van der Waals surface area contributed by atoms with Gasteiger partial charge in [0.05, 0.1) is 12.2 Å². The van der Waals surface area contributed by atoms with Crippen LogP contribution in [0, 0.1) is 23.2 Å². The third kappa shape index (κ3) is 1.91. The molecule has 3 aliphatic carbocycles. The van der Waals surface area contributed by atoms with Crippen molar-refractivity contribution >= 4 is 0 Å². The van der Waals surface area contributed by atoms with Crippen LogP contribution in [0.15, 0.2) is 11.1 Å². The minimum absolute atomic E-state index is 0.171. The summed E-state index contributed by atoms with van der Waals surface area (Å²) in [4.78, 5) is 0. The molecule has 3 rings (SSSR count). The van der Waals surface area contributed by atoms with E-state index in [0.29, 0.717) is 17.3 Å². The maximum absolute atomic E-state index is 10.1. The lowest BCUT2D eigenvalue weighted by molar-refractivity contribution is 0.00174. The summed E-state index contributed by atoms with van der Waals surface area (Å²) in [5, 5.41) is 20.2. The topological polar surface area (TPSA) is 40.5 Å². The molecule has 0 aromatic heterocycles. The molecule has 2 N–H and O–H groups in total. The lowest BCUT2D eigenvalue weighted by atomic mass is 9.56. The van der Waals surface area contributed by atoms with Crippen LogP contribution in [0.3, 0.4) is 0 Å². The molecule has 0 amide bonds. The van der Waals surface area contributed by atoms with E-state index in [4.69, 9.17) is 0 Å². The normalized spacial score (nSPS) is 47.8. The van der Waals surface area contributed by atoms with E-state index >= 15 is 0 Å². The molecule has 0 heterocycles. The molecule has 2 heteroatoms. The van der Waals surface area contributed by atoms with E-state index in [2.05, 4.69) is 13.8 Å². The number of hydrogen-bond acceptors (Lipinski definition) is 2. The molecule has 0 spiro atoms. The predicted octanol–water partition coefficient (Wildman–Crippen LogP) is 3.28. The second kappa shape index (κ2) is 4.60. The molecule has 0 aromatic carbocycles. The zero-order valence-electron chi connectivity index (χ0n) is 12.5. The van der Waals surface area contributed by atoms with E-state index in [0.717, 1.165) is 25.2 Å². The smallest absolute Gasteiger partial charge is 0.0750 e. The highest BCUT2D eigenvalue weighted by atomic mass is 16.3. The summed E-state index contributed by atoms with van der Waals surface area (Å²) < 4.78 is 0. The number of hydrogen-bond donors (Lipinski definition) is 2. The number of aliphatic hydroxyl groups is 2. The van der Waals surface area contributed by atoms with Gasteiger partial charge in [0.15, 0.2) is 0 Å². The van der Waals surface area contributed by atoms with Crippen LogP contribution in [0.25, 0.3) is 0 Å². The monoisotopic (exact) mass is 264 g/mol. The third-order valence-corrected chi connectivity index (χ3v) is 6.69. The fourth-order valence-corrected chi connectivity index (χ4v) is 5.58. The van der Waals surface area contributed by atoms with Crippen molar-refractivity contribution in [3.05, 3.63) is 11.1 Å². The molecule has 2 nitrogen and oxygen atoms in total. The average molecular weight is 264 g/mol. The van der Waals surface area contributed by atoms with Crippen molar-refractivity contribution in [2.24, 2.45) is 23.2 Å². The van der Waals surface area contributed by atoms with Crippen molar-refractivity contribution in [3.8, 4) is 0 Å². The first-order chi connectivity index (χ1) is 8.95. The molecule has 0 bridgehead atoms. The molecule has 2 fully saturated rings. The second-order valence-electron chi connectivity index (χ2n) is 7.44. The zero-order valence-corrected chi connectivity index (χ0v) is 12.5. The summed E-state index contributed by atoms with van der Waals surface area (Å²) >= 11 is 0. The van der Waals surface area contributed by atoms with E-state index in [1.54, 1.807) is 5.57 Å². The summed E-state index contributed by atoms with van der Waals surface area (Å²) in [5.74, 6) is 1.90. The number of allylic oxidation sites excluding steroid dienone is 1.